The Morgan fingerprint density at radius 1 is 1.21 bits per heavy atom. The van der Waals surface area contributed by atoms with E-state index < -0.39 is 6.10 Å². The number of ether oxygens (including phenoxy) is 2. The average Bonchev–Trinajstić information content (AvgIpc) is 3.23. The van der Waals surface area contributed by atoms with Crippen molar-refractivity contribution in [2.45, 2.75) is 38.2 Å². The van der Waals surface area contributed by atoms with Gasteiger partial charge in [0.05, 0.1) is 33.3 Å². The lowest BCUT2D eigenvalue weighted by molar-refractivity contribution is -0.894. The Bertz CT molecular complexity index is 971. The number of rotatable bonds is 11. The number of hydrogen-bond acceptors (Lipinski definition) is 5. The van der Waals surface area contributed by atoms with E-state index in [1.807, 2.05) is 6.07 Å². The third-order valence-corrected chi connectivity index (χ3v) is 6.43. The molecule has 2 aromatic rings. The molecule has 176 valence electrons. The SMILES string of the molecule is COC(=O)CCc1ccc(C#N)c(OC[C@H](O)C[N+](C)(C)CCC2Cc3ccccc3C2)c1. The fourth-order valence-corrected chi connectivity index (χ4v) is 4.57. The first-order valence-corrected chi connectivity index (χ1v) is 11.6. The smallest absolute Gasteiger partial charge is 0.305 e. The van der Waals surface area contributed by atoms with Crippen molar-refractivity contribution in [2.75, 3.05) is 40.9 Å². The summed E-state index contributed by atoms with van der Waals surface area (Å²) in [5, 5.41) is 20.0. The first-order valence-electron chi connectivity index (χ1n) is 11.6. The van der Waals surface area contributed by atoms with E-state index >= 15 is 0 Å². The number of carbonyl (C=O) groups excluding carboxylic acids is 1. The number of esters is 1. The highest BCUT2D eigenvalue weighted by atomic mass is 16.5. The van der Waals surface area contributed by atoms with Crippen LogP contribution < -0.4 is 4.74 Å². The summed E-state index contributed by atoms with van der Waals surface area (Å²) >= 11 is 0. The van der Waals surface area contributed by atoms with E-state index in [1.165, 1.54) is 18.2 Å². The minimum Gasteiger partial charge on any atom is -0.489 e. The number of fused-ring (bicyclic) bond motifs is 1. The molecule has 0 heterocycles. The van der Waals surface area contributed by atoms with Crippen LogP contribution in [-0.2, 0) is 28.8 Å². The molecule has 0 fully saturated rings. The first-order chi connectivity index (χ1) is 15.8. The predicted octanol–water partition coefficient (Wildman–Crippen LogP) is 3.29. The van der Waals surface area contributed by atoms with Crippen LogP contribution in [0.5, 0.6) is 5.75 Å². The van der Waals surface area contributed by atoms with Gasteiger partial charge in [-0.3, -0.25) is 4.79 Å². The van der Waals surface area contributed by atoms with Crippen LogP contribution in [0.15, 0.2) is 42.5 Å². The lowest BCUT2D eigenvalue weighted by atomic mass is 10.0. The number of aliphatic hydroxyl groups excluding tert-OH is 1. The summed E-state index contributed by atoms with van der Waals surface area (Å²) < 4.78 is 11.2. The minimum atomic E-state index is -0.647. The van der Waals surface area contributed by atoms with Gasteiger partial charge in [-0.2, -0.15) is 5.26 Å². The van der Waals surface area contributed by atoms with Crippen molar-refractivity contribution in [1.82, 2.24) is 0 Å². The van der Waals surface area contributed by atoms with Crippen LogP contribution in [0.25, 0.3) is 0 Å². The van der Waals surface area contributed by atoms with E-state index in [4.69, 9.17) is 4.74 Å². The van der Waals surface area contributed by atoms with E-state index in [2.05, 4.69) is 49.2 Å². The molecule has 0 aliphatic heterocycles. The fraction of sp³-hybridized carbons (Fsp3) is 0.481. The van der Waals surface area contributed by atoms with Gasteiger partial charge in [0.15, 0.2) is 0 Å². The second-order valence-corrected chi connectivity index (χ2v) is 9.66. The number of hydrogen-bond donors (Lipinski definition) is 1. The molecule has 3 rings (SSSR count). The number of methoxy groups -OCH3 is 1. The number of quaternary nitrogens is 1. The van der Waals surface area contributed by atoms with Crippen LogP contribution in [-0.4, -0.2) is 62.6 Å². The highest BCUT2D eigenvalue weighted by molar-refractivity contribution is 5.69. The number of aryl methyl sites for hydroxylation is 1. The Labute approximate surface area is 197 Å². The highest BCUT2D eigenvalue weighted by Crippen LogP contribution is 2.29. The minimum absolute atomic E-state index is 0.117. The maximum atomic E-state index is 11.4. The molecular formula is C27H35N2O4+. The monoisotopic (exact) mass is 451 g/mol. The molecular weight excluding hydrogens is 416 g/mol. The first kappa shape index (κ1) is 24.8. The van der Waals surface area contributed by atoms with Crippen molar-refractivity contribution in [3.8, 4) is 11.8 Å². The summed E-state index contributed by atoms with van der Waals surface area (Å²) in [6.45, 7) is 1.68. The Morgan fingerprint density at radius 2 is 1.91 bits per heavy atom. The lowest BCUT2D eigenvalue weighted by Gasteiger charge is -2.32. The van der Waals surface area contributed by atoms with Crippen LogP contribution in [0.1, 0.15) is 35.1 Å². The molecule has 0 unspecified atom stereocenters. The van der Waals surface area contributed by atoms with Crippen molar-refractivity contribution in [3.05, 3.63) is 64.7 Å². The number of aliphatic hydroxyl groups is 1. The molecule has 1 N–H and O–H groups in total. The maximum absolute atomic E-state index is 11.4. The number of likely N-dealkylation sites (N-methyl/N-ethyl adjacent to an activating group) is 1. The van der Waals surface area contributed by atoms with Crippen LogP contribution in [0.2, 0.25) is 0 Å². The zero-order chi connectivity index (χ0) is 23.8. The van der Waals surface area contributed by atoms with Gasteiger partial charge in [-0.1, -0.05) is 30.3 Å². The molecule has 33 heavy (non-hydrogen) atoms. The van der Waals surface area contributed by atoms with Crippen LogP contribution in [0.3, 0.4) is 0 Å². The molecule has 0 amide bonds. The van der Waals surface area contributed by atoms with E-state index in [0.717, 1.165) is 31.4 Å². The summed E-state index contributed by atoms with van der Waals surface area (Å²) in [6, 6.07) is 16.1. The summed E-state index contributed by atoms with van der Waals surface area (Å²) in [6.07, 6.45) is 3.53. The molecule has 0 bridgehead atoms. The molecule has 0 saturated heterocycles. The normalized spacial score (nSPS) is 14.4. The van der Waals surface area contributed by atoms with E-state index in [-0.39, 0.29) is 19.0 Å². The number of carbonyl (C=O) groups is 1. The molecule has 1 atom stereocenters. The Kier molecular flexibility index (Phi) is 8.49. The Hall–Kier alpha value is -2.88. The zero-order valence-electron chi connectivity index (χ0n) is 19.9. The van der Waals surface area contributed by atoms with Gasteiger partial charge >= 0.3 is 5.97 Å². The van der Waals surface area contributed by atoms with Crippen molar-refractivity contribution in [2.24, 2.45) is 5.92 Å². The zero-order valence-corrected chi connectivity index (χ0v) is 19.9. The van der Waals surface area contributed by atoms with E-state index in [0.29, 0.717) is 34.7 Å². The van der Waals surface area contributed by atoms with Gasteiger partial charge in [0.25, 0.3) is 0 Å². The van der Waals surface area contributed by atoms with Gasteiger partial charge in [0.2, 0.25) is 0 Å². The van der Waals surface area contributed by atoms with Crippen molar-refractivity contribution in [3.63, 3.8) is 0 Å². The highest BCUT2D eigenvalue weighted by Gasteiger charge is 2.26. The summed E-state index contributed by atoms with van der Waals surface area (Å²) in [7, 11) is 5.64. The predicted molar refractivity (Wildman–Crippen MR) is 127 cm³/mol. The molecule has 6 heteroatoms. The van der Waals surface area contributed by atoms with Crippen LogP contribution >= 0.6 is 0 Å². The quantitative estimate of drug-likeness (QED) is 0.419. The molecule has 1 aliphatic carbocycles. The van der Waals surface area contributed by atoms with Crippen LogP contribution in [0, 0.1) is 17.2 Å². The Balaban J connectivity index is 1.48. The van der Waals surface area contributed by atoms with Gasteiger partial charge in [-0.05, 0) is 54.0 Å². The summed E-state index contributed by atoms with van der Waals surface area (Å²) in [4.78, 5) is 11.4. The third kappa shape index (κ3) is 7.31. The largest absolute Gasteiger partial charge is 0.489 e. The van der Waals surface area contributed by atoms with Gasteiger partial charge < -0.3 is 19.1 Å². The van der Waals surface area contributed by atoms with E-state index in [9.17, 15) is 15.2 Å². The van der Waals surface area contributed by atoms with Crippen molar-refractivity contribution >= 4 is 5.97 Å². The second-order valence-electron chi connectivity index (χ2n) is 9.66. The third-order valence-electron chi connectivity index (χ3n) is 6.43. The fourth-order valence-electron chi connectivity index (χ4n) is 4.57. The van der Waals surface area contributed by atoms with Crippen molar-refractivity contribution < 1.29 is 23.9 Å². The molecule has 0 radical (unpaired) electrons. The Morgan fingerprint density at radius 3 is 2.55 bits per heavy atom. The molecule has 2 aromatic carbocycles. The number of nitrogens with zero attached hydrogens (tertiary/aromatic N) is 2. The summed E-state index contributed by atoms with van der Waals surface area (Å²) in [5.74, 6) is 0.825. The topological polar surface area (TPSA) is 79.6 Å². The van der Waals surface area contributed by atoms with E-state index in [1.54, 1.807) is 12.1 Å². The van der Waals surface area contributed by atoms with Crippen LogP contribution in [0.4, 0.5) is 0 Å². The van der Waals surface area contributed by atoms with Gasteiger partial charge in [-0.15, -0.1) is 0 Å². The number of benzene rings is 2. The second kappa shape index (κ2) is 11.3. The number of nitriles is 1. The van der Waals surface area contributed by atoms with Gasteiger partial charge in [0, 0.05) is 12.8 Å². The van der Waals surface area contributed by atoms with Gasteiger partial charge in [0.1, 0.15) is 31.1 Å². The van der Waals surface area contributed by atoms with Gasteiger partial charge in [-0.25, -0.2) is 0 Å². The molecule has 1 aliphatic rings. The molecule has 6 nitrogen and oxygen atoms in total. The summed E-state index contributed by atoms with van der Waals surface area (Å²) in [5.41, 5.74) is 4.25. The molecule has 0 spiro atoms. The molecule has 0 saturated carbocycles. The average molecular weight is 452 g/mol. The lowest BCUT2D eigenvalue weighted by Crippen LogP contribution is -2.48. The maximum Gasteiger partial charge on any atom is 0.305 e. The molecule has 0 aromatic heterocycles. The van der Waals surface area contributed by atoms with Crippen molar-refractivity contribution in [1.29, 1.82) is 5.26 Å². The standard InChI is InChI=1S/C27H35N2O4/c1-29(2,13-12-21-14-22-6-4-5-7-23(22)15-21)18-25(30)19-33-26-16-20(8-10-24(26)17-28)9-11-27(31)32-3/h4-8,10,16,21,25,30H,9,11-15,18-19H2,1-3H3/q+1/t25-/m1/s1.